The van der Waals surface area contributed by atoms with Crippen molar-refractivity contribution in [2.24, 2.45) is 0 Å². The predicted octanol–water partition coefficient (Wildman–Crippen LogP) is 3.40. The molecule has 98 valence electrons. The molecule has 1 saturated heterocycles. The molecule has 3 rings (SSSR count). The summed E-state index contributed by atoms with van der Waals surface area (Å²) < 4.78 is 6.62. The van der Waals surface area contributed by atoms with Gasteiger partial charge in [-0.15, -0.1) is 0 Å². The molecule has 3 aliphatic rings. The monoisotopic (exact) mass is 237 g/mol. The molecular formula is C15H27NO. The van der Waals surface area contributed by atoms with Gasteiger partial charge in [-0.3, -0.25) is 0 Å². The lowest BCUT2D eigenvalue weighted by Crippen LogP contribution is -2.58. The van der Waals surface area contributed by atoms with Gasteiger partial charge in [-0.1, -0.05) is 44.9 Å². The van der Waals surface area contributed by atoms with Gasteiger partial charge in [0, 0.05) is 12.6 Å². The molecule has 0 amide bonds. The van der Waals surface area contributed by atoms with Crippen molar-refractivity contribution < 1.29 is 4.74 Å². The van der Waals surface area contributed by atoms with Crippen molar-refractivity contribution in [3.63, 3.8) is 0 Å². The summed E-state index contributed by atoms with van der Waals surface area (Å²) in [6.45, 7) is 1.12. The first-order chi connectivity index (χ1) is 8.38. The molecule has 1 spiro atoms. The fourth-order valence-corrected chi connectivity index (χ4v) is 4.00. The Hall–Kier alpha value is -0.0800. The van der Waals surface area contributed by atoms with Crippen LogP contribution in [0, 0.1) is 0 Å². The zero-order chi connectivity index (χ0) is 11.6. The van der Waals surface area contributed by atoms with E-state index < -0.39 is 0 Å². The Balaban J connectivity index is 1.68. The lowest BCUT2D eigenvalue weighted by molar-refractivity contribution is -0.143. The molecule has 2 saturated carbocycles. The summed E-state index contributed by atoms with van der Waals surface area (Å²) in [6.07, 6.45) is 15.5. The van der Waals surface area contributed by atoms with Crippen LogP contribution in [0.2, 0.25) is 0 Å². The second kappa shape index (κ2) is 5.27. The number of morpholine rings is 1. The van der Waals surface area contributed by atoms with Gasteiger partial charge >= 0.3 is 0 Å². The number of fused-ring (bicyclic) bond motifs is 1. The van der Waals surface area contributed by atoms with Crippen LogP contribution >= 0.6 is 0 Å². The predicted molar refractivity (Wildman–Crippen MR) is 70.2 cm³/mol. The summed E-state index contributed by atoms with van der Waals surface area (Å²) in [4.78, 5) is 0. The molecule has 1 heterocycles. The lowest BCUT2D eigenvalue weighted by Gasteiger charge is -2.45. The van der Waals surface area contributed by atoms with Crippen LogP contribution in [0.25, 0.3) is 0 Å². The maximum atomic E-state index is 6.62. The minimum Gasteiger partial charge on any atom is -0.369 e. The Kier molecular flexibility index (Phi) is 3.72. The van der Waals surface area contributed by atoms with E-state index in [0.29, 0.717) is 12.1 Å². The summed E-state index contributed by atoms with van der Waals surface area (Å²) >= 11 is 0. The molecule has 2 aliphatic carbocycles. The molecule has 2 heteroatoms. The molecular weight excluding hydrogens is 210 g/mol. The highest BCUT2D eigenvalue weighted by molar-refractivity contribution is 4.95. The Bertz CT molecular complexity index is 245. The molecule has 0 bridgehead atoms. The lowest BCUT2D eigenvalue weighted by atomic mass is 9.89. The van der Waals surface area contributed by atoms with Gasteiger partial charge in [-0.25, -0.2) is 0 Å². The number of nitrogens with one attached hydrogen (secondary N) is 1. The van der Waals surface area contributed by atoms with Gasteiger partial charge in [0.15, 0.2) is 0 Å². The van der Waals surface area contributed by atoms with Crippen LogP contribution in [-0.2, 0) is 4.74 Å². The third-order valence-electron chi connectivity index (χ3n) is 5.06. The van der Waals surface area contributed by atoms with Crippen LogP contribution in [0.3, 0.4) is 0 Å². The summed E-state index contributed by atoms with van der Waals surface area (Å²) in [7, 11) is 0. The molecule has 2 unspecified atom stereocenters. The average molecular weight is 237 g/mol. The van der Waals surface area contributed by atoms with Crippen LogP contribution in [0.1, 0.15) is 70.6 Å². The maximum absolute atomic E-state index is 6.62. The molecule has 2 nitrogen and oxygen atoms in total. The normalized spacial score (nSPS) is 38.1. The molecule has 1 aliphatic heterocycles. The zero-order valence-corrected chi connectivity index (χ0v) is 11.0. The minimum atomic E-state index is 0.210. The van der Waals surface area contributed by atoms with E-state index in [1.54, 1.807) is 0 Å². The van der Waals surface area contributed by atoms with Gasteiger partial charge in [-0.05, 0) is 25.7 Å². The number of hydrogen-bond acceptors (Lipinski definition) is 2. The fraction of sp³-hybridized carbons (Fsp3) is 1.00. The third kappa shape index (κ3) is 2.68. The molecule has 0 radical (unpaired) electrons. The fourth-order valence-electron chi connectivity index (χ4n) is 4.00. The highest BCUT2D eigenvalue weighted by atomic mass is 16.5. The summed E-state index contributed by atoms with van der Waals surface area (Å²) in [5.74, 6) is 0. The van der Waals surface area contributed by atoms with Crippen molar-refractivity contribution in [3.05, 3.63) is 0 Å². The van der Waals surface area contributed by atoms with Gasteiger partial charge in [0.2, 0.25) is 0 Å². The standard InChI is InChI=1S/C15H27NO/c1-2-7-11-15(10-6-1)12-16-13-8-4-3-5-9-14(13)17-15/h13-14,16H,1-12H2. The van der Waals surface area contributed by atoms with Crippen LogP contribution in [-0.4, -0.2) is 24.3 Å². The van der Waals surface area contributed by atoms with E-state index >= 15 is 0 Å². The number of hydrogen-bond donors (Lipinski definition) is 1. The van der Waals surface area contributed by atoms with E-state index in [1.807, 2.05) is 0 Å². The Labute approximate surface area is 105 Å². The summed E-state index contributed by atoms with van der Waals surface area (Å²) in [5, 5.41) is 3.82. The zero-order valence-electron chi connectivity index (χ0n) is 11.0. The molecule has 2 atom stereocenters. The molecule has 17 heavy (non-hydrogen) atoms. The van der Waals surface area contributed by atoms with E-state index in [1.165, 1.54) is 70.6 Å². The van der Waals surface area contributed by atoms with E-state index in [9.17, 15) is 0 Å². The highest BCUT2D eigenvalue weighted by Gasteiger charge is 2.41. The molecule has 0 aromatic heterocycles. The summed E-state index contributed by atoms with van der Waals surface area (Å²) in [5.41, 5.74) is 0.210. The van der Waals surface area contributed by atoms with Gasteiger partial charge in [0.1, 0.15) is 0 Å². The molecule has 0 aromatic carbocycles. The van der Waals surface area contributed by atoms with Crippen LogP contribution in [0.15, 0.2) is 0 Å². The SMILES string of the molecule is C1CCC2NCC3(CCCCCC3)OC2CC1. The van der Waals surface area contributed by atoms with Crippen LogP contribution < -0.4 is 5.32 Å². The van der Waals surface area contributed by atoms with Crippen molar-refractivity contribution in [3.8, 4) is 0 Å². The van der Waals surface area contributed by atoms with Gasteiger partial charge in [0.25, 0.3) is 0 Å². The van der Waals surface area contributed by atoms with Crippen molar-refractivity contribution >= 4 is 0 Å². The first kappa shape index (κ1) is 12.0. The molecule has 1 N–H and O–H groups in total. The van der Waals surface area contributed by atoms with Crippen LogP contribution in [0.4, 0.5) is 0 Å². The highest BCUT2D eigenvalue weighted by Crippen LogP contribution is 2.36. The van der Waals surface area contributed by atoms with E-state index in [4.69, 9.17) is 4.74 Å². The third-order valence-corrected chi connectivity index (χ3v) is 5.06. The maximum Gasteiger partial charge on any atom is 0.0810 e. The van der Waals surface area contributed by atoms with E-state index in [2.05, 4.69) is 5.32 Å². The Morgan fingerprint density at radius 1 is 0.824 bits per heavy atom. The van der Waals surface area contributed by atoms with E-state index in [-0.39, 0.29) is 5.60 Å². The molecule has 0 aromatic rings. The second-order valence-corrected chi connectivity index (χ2v) is 6.38. The first-order valence-corrected chi connectivity index (χ1v) is 7.79. The summed E-state index contributed by atoms with van der Waals surface area (Å²) in [6, 6.07) is 0.659. The van der Waals surface area contributed by atoms with Gasteiger partial charge in [-0.2, -0.15) is 0 Å². The smallest absolute Gasteiger partial charge is 0.0810 e. The van der Waals surface area contributed by atoms with Crippen LogP contribution in [0.5, 0.6) is 0 Å². The largest absolute Gasteiger partial charge is 0.369 e. The Morgan fingerprint density at radius 2 is 1.53 bits per heavy atom. The number of rotatable bonds is 0. The van der Waals surface area contributed by atoms with Gasteiger partial charge < -0.3 is 10.1 Å². The average Bonchev–Trinajstić information content (AvgIpc) is 2.70. The van der Waals surface area contributed by atoms with Gasteiger partial charge in [0.05, 0.1) is 11.7 Å². The quantitative estimate of drug-likeness (QED) is 0.697. The van der Waals surface area contributed by atoms with Crippen molar-refractivity contribution in [2.45, 2.75) is 88.4 Å². The second-order valence-electron chi connectivity index (χ2n) is 6.38. The first-order valence-electron chi connectivity index (χ1n) is 7.79. The number of ether oxygens (including phenoxy) is 1. The van der Waals surface area contributed by atoms with Crippen molar-refractivity contribution in [2.75, 3.05) is 6.54 Å². The van der Waals surface area contributed by atoms with Crippen molar-refractivity contribution in [1.29, 1.82) is 0 Å². The Morgan fingerprint density at radius 3 is 2.35 bits per heavy atom. The van der Waals surface area contributed by atoms with E-state index in [0.717, 1.165) is 6.54 Å². The minimum absolute atomic E-state index is 0.210. The van der Waals surface area contributed by atoms with Crippen molar-refractivity contribution in [1.82, 2.24) is 5.32 Å². The topological polar surface area (TPSA) is 21.3 Å². The molecule has 3 fully saturated rings.